The smallest absolute Gasteiger partial charge is 0.272 e. The van der Waals surface area contributed by atoms with Crippen molar-refractivity contribution < 1.29 is 4.79 Å². The van der Waals surface area contributed by atoms with Gasteiger partial charge in [-0.15, -0.1) is 0 Å². The van der Waals surface area contributed by atoms with E-state index in [0.717, 1.165) is 4.47 Å². The van der Waals surface area contributed by atoms with E-state index in [2.05, 4.69) is 21.2 Å². The minimum atomic E-state index is -0.281. The molecule has 102 valence electrons. The van der Waals surface area contributed by atoms with E-state index in [1.807, 2.05) is 23.8 Å². The second-order valence-corrected chi connectivity index (χ2v) is 5.44. The largest absolute Gasteiger partial charge is 0.343 e. The first-order chi connectivity index (χ1) is 9.55. The van der Waals surface area contributed by atoms with Crippen LogP contribution in [0.15, 0.2) is 34.9 Å². The summed E-state index contributed by atoms with van der Waals surface area (Å²) in [4.78, 5) is 12.3. The van der Waals surface area contributed by atoms with Gasteiger partial charge in [-0.2, -0.15) is 5.26 Å². The zero-order chi connectivity index (χ0) is 14.7. The van der Waals surface area contributed by atoms with Gasteiger partial charge in [0.15, 0.2) is 0 Å². The molecule has 4 nitrogen and oxygen atoms in total. The van der Waals surface area contributed by atoms with Crippen LogP contribution in [-0.2, 0) is 6.54 Å². The molecular weight excluding hydrogens is 342 g/mol. The molecule has 0 fully saturated rings. The average molecular weight is 353 g/mol. The Morgan fingerprint density at radius 1 is 1.50 bits per heavy atom. The molecule has 0 radical (unpaired) electrons. The molecule has 0 bridgehead atoms. The van der Waals surface area contributed by atoms with Gasteiger partial charge in [-0.3, -0.25) is 4.79 Å². The zero-order valence-electron chi connectivity index (χ0n) is 10.7. The first-order valence-electron chi connectivity index (χ1n) is 5.91. The Bertz CT molecular complexity index is 703. The van der Waals surface area contributed by atoms with E-state index in [4.69, 9.17) is 16.9 Å². The van der Waals surface area contributed by atoms with Crippen LogP contribution in [0.3, 0.4) is 0 Å². The molecule has 2 aromatic rings. The summed E-state index contributed by atoms with van der Waals surface area (Å²) in [6.07, 6.45) is 1.83. The highest BCUT2D eigenvalue weighted by Crippen LogP contribution is 2.22. The van der Waals surface area contributed by atoms with Gasteiger partial charge in [0.05, 0.1) is 11.3 Å². The number of hydrogen-bond donors (Lipinski definition) is 1. The van der Waals surface area contributed by atoms with Gasteiger partial charge in [-0.1, -0.05) is 11.6 Å². The van der Waals surface area contributed by atoms with Crippen LogP contribution in [0, 0.1) is 11.3 Å². The van der Waals surface area contributed by atoms with E-state index < -0.39 is 0 Å². The third-order valence-corrected chi connectivity index (χ3v) is 3.46. The number of amides is 1. The average Bonchev–Trinajstić information content (AvgIpc) is 2.80. The lowest BCUT2D eigenvalue weighted by Crippen LogP contribution is -2.17. The summed E-state index contributed by atoms with van der Waals surface area (Å²) in [5, 5.41) is 12.2. The molecule has 6 heteroatoms. The van der Waals surface area contributed by atoms with Gasteiger partial charge in [0, 0.05) is 22.2 Å². The van der Waals surface area contributed by atoms with E-state index in [0.29, 0.717) is 28.5 Å². The molecule has 0 saturated heterocycles. The minimum Gasteiger partial charge on any atom is -0.343 e. The van der Waals surface area contributed by atoms with Crippen molar-refractivity contribution in [2.75, 3.05) is 5.32 Å². The number of nitriles is 1. The van der Waals surface area contributed by atoms with Gasteiger partial charge in [-0.05, 0) is 47.1 Å². The molecule has 0 saturated carbocycles. The zero-order valence-corrected chi connectivity index (χ0v) is 13.0. The summed E-state index contributed by atoms with van der Waals surface area (Å²) in [7, 11) is 0. The van der Waals surface area contributed by atoms with Gasteiger partial charge in [-0.25, -0.2) is 0 Å². The van der Waals surface area contributed by atoms with Gasteiger partial charge in [0.25, 0.3) is 5.91 Å². The highest BCUT2D eigenvalue weighted by atomic mass is 79.9. The fourth-order valence-corrected chi connectivity index (χ4v) is 2.47. The lowest BCUT2D eigenvalue weighted by molar-refractivity contribution is 0.101. The predicted molar refractivity (Wildman–Crippen MR) is 81.9 cm³/mol. The summed E-state index contributed by atoms with van der Waals surface area (Å²) in [5.41, 5.74) is 1.30. The Morgan fingerprint density at radius 2 is 2.25 bits per heavy atom. The van der Waals surface area contributed by atoms with Crippen molar-refractivity contribution in [2.24, 2.45) is 0 Å². The number of carbonyl (C=O) groups excluding carboxylic acids is 1. The van der Waals surface area contributed by atoms with Crippen LogP contribution < -0.4 is 5.32 Å². The normalized spacial score (nSPS) is 10.1. The number of halogens is 2. The lowest BCUT2D eigenvalue weighted by Gasteiger charge is -2.09. The van der Waals surface area contributed by atoms with E-state index in [1.54, 1.807) is 24.3 Å². The van der Waals surface area contributed by atoms with Crippen molar-refractivity contribution in [3.63, 3.8) is 0 Å². The molecule has 1 aromatic carbocycles. The number of rotatable bonds is 3. The first-order valence-corrected chi connectivity index (χ1v) is 7.09. The maximum absolute atomic E-state index is 12.3. The van der Waals surface area contributed by atoms with Crippen LogP contribution in [0.25, 0.3) is 0 Å². The van der Waals surface area contributed by atoms with E-state index in [1.165, 1.54) is 0 Å². The summed E-state index contributed by atoms with van der Waals surface area (Å²) in [5.74, 6) is -0.281. The van der Waals surface area contributed by atoms with Crippen LogP contribution in [-0.4, -0.2) is 10.5 Å². The summed E-state index contributed by atoms with van der Waals surface area (Å²) >= 11 is 9.24. The maximum atomic E-state index is 12.3. The molecule has 20 heavy (non-hydrogen) atoms. The number of carbonyl (C=O) groups is 1. The summed E-state index contributed by atoms with van der Waals surface area (Å²) in [6, 6.07) is 8.51. The molecule has 0 aliphatic carbocycles. The third kappa shape index (κ3) is 3.03. The van der Waals surface area contributed by atoms with Crippen molar-refractivity contribution in [2.45, 2.75) is 13.5 Å². The van der Waals surface area contributed by atoms with Crippen LogP contribution in [0.1, 0.15) is 23.0 Å². The first kappa shape index (κ1) is 14.6. The van der Waals surface area contributed by atoms with Crippen LogP contribution >= 0.6 is 27.5 Å². The highest BCUT2D eigenvalue weighted by Gasteiger charge is 2.14. The number of nitrogens with one attached hydrogen (secondary N) is 1. The number of benzene rings is 1. The SMILES string of the molecule is CCn1cc(Br)cc1C(=O)Nc1cc(Cl)ccc1C#N. The van der Waals surface area contributed by atoms with Crippen LogP contribution in [0.4, 0.5) is 5.69 Å². The molecule has 0 aliphatic heterocycles. The van der Waals surface area contributed by atoms with E-state index in [9.17, 15) is 4.79 Å². The molecule has 0 spiro atoms. The lowest BCUT2D eigenvalue weighted by atomic mass is 10.2. The Hall–Kier alpha value is -1.77. The molecule has 1 N–H and O–H groups in total. The van der Waals surface area contributed by atoms with Crippen molar-refractivity contribution >= 4 is 39.1 Å². The van der Waals surface area contributed by atoms with Crippen LogP contribution in [0.2, 0.25) is 5.02 Å². The summed E-state index contributed by atoms with van der Waals surface area (Å²) < 4.78 is 2.65. The highest BCUT2D eigenvalue weighted by molar-refractivity contribution is 9.10. The Balaban J connectivity index is 2.32. The molecule has 0 unspecified atom stereocenters. The molecular formula is C14H11BrClN3O. The van der Waals surface area contributed by atoms with Gasteiger partial charge in [0.1, 0.15) is 11.8 Å². The van der Waals surface area contributed by atoms with Crippen molar-refractivity contribution in [3.05, 3.63) is 51.2 Å². The second kappa shape index (κ2) is 6.12. The van der Waals surface area contributed by atoms with Crippen LogP contribution in [0.5, 0.6) is 0 Å². The second-order valence-electron chi connectivity index (χ2n) is 4.09. The quantitative estimate of drug-likeness (QED) is 0.906. The van der Waals surface area contributed by atoms with Gasteiger partial charge < -0.3 is 9.88 Å². The molecule has 1 amide bonds. The topological polar surface area (TPSA) is 57.8 Å². The van der Waals surface area contributed by atoms with Gasteiger partial charge >= 0.3 is 0 Å². The van der Waals surface area contributed by atoms with Crippen molar-refractivity contribution in [3.8, 4) is 6.07 Å². The van der Waals surface area contributed by atoms with Gasteiger partial charge in [0.2, 0.25) is 0 Å². The van der Waals surface area contributed by atoms with E-state index >= 15 is 0 Å². The third-order valence-electron chi connectivity index (χ3n) is 2.79. The fraction of sp³-hybridized carbons (Fsp3) is 0.143. The number of aryl methyl sites for hydroxylation is 1. The molecule has 1 aromatic heterocycles. The molecule has 0 aliphatic rings. The Morgan fingerprint density at radius 3 is 2.90 bits per heavy atom. The molecule has 2 rings (SSSR count). The van der Waals surface area contributed by atoms with E-state index in [-0.39, 0.29) is 5.91 Å². The monoisotopic (exact) mass is 351 g/mol. The summed E-state index contributed by atoms with van der Waals surface area (Å²) in [6.45, 7) is 2.62. The molecule has 1 heterocycles. The standard InChI is InChI=1S/C14H11BrClN3O/c1-2-19-8-10(15)5-13(19)14(20)18-12-6-11(16)4-3-9(12)7-17/h3-6,8H,2H2,1H3,(H,18,20). The maximum Gasteiger partial charge on any atom is 0.272 e. The fourth-order valence-electron chi connectivity index (χ4n) is 1.83. The number of anilines is 1. The Kier molecular flexibility index (Phi) is 4.48. The number of hydrogen-bond acceptors (Lipinski definition) is 2. The Labute approximate surface area is 130 Å². The predicted octanol–water partition coefficient (Wildman–Crippen LogP) is 4.05. The minimum absolute atomic E-state index is 0.281. The van der Waals surface area contributed by atoms with Crippen molar-refractivity contribution in [1.82, 2.24) is 4.57 Å². The van der Waals surface area contributed by atoms with Crippen molar-refractivity contribution in [1.29, 1.82) is 5.26 Å². The molecule has 0 atom stereocenters. The number of aromatic nitrogens is 1. The number of nitrogens with zero attached hydrogens (tertiary/aromatic N) is 2.